The highest BCUT2D eigenvalue weighted by Gasteiger charge is 2.18. The summed E-state index contributed by atoms with van der Waals surface area (Å²) in [5, 5.41) is 44.2. The SMILES string of the molecule is NC(=NN=Cc1ccc([N+](=O)[O-])cc1[N+](=O)[O-])NN(O)O. The standard InChI is InChI=1S/C8H9N7O6/c9-8(12-15(20)21)11-10-4-5-1-2-6(13(16)17)3-7(5)14(18)19/h1-4,20-21H,(H3,9,11,12). The van der Waals surface area contributed by atoms with E-state index < -0.39 is 32.5 Å². The Kier molecular flexibility index (Phi) is 5.18. The molecule has 13 nitrogen and oxygen atoms in total. The van der Waals surface area contributed by atoms with Crippen molar-refractivity contribution >= 4 is 23.5 Å². The van der Waals surface area contributed by atoms with Crippen LogP contribution in [0.4, 0.5) is 11.4 Å². The van der Waals surface area contributed by atoms with Crippen LogP contribution in [0.5, 0.6) is 0 Å². The van der Waals surface area contributed by atoms with Crippen LogP contribution >= 0.6 is 0 Å². The quantitative estimate of drug-likeness (QED) is 0.245. The van der Waals surface area contributed by atoms with Crippen molar-refractivity contribution in [2.24, 2.45) is 15.9 Å². The molecule has 0 saturated heterocycles. The predicted molar refractivity (Wildman–Crippen MR) is 67.5 cm³/mol. The topological polar surface area (TPSA) is 193 Å². The van der Waals surface area contributed by atoms with Crippen LogP contribution in [0.1, 0.15) is 5.56 Å². The van der Waals surface area contributed by atoms with Gasteiger partial charge in [-0.1, -0.05) is 0 Å². The number of nitrogens with one attached hydrogen (secondary N) is 1. The van der Waals surface area contributed by atoms with Crippen LogP contribution in [0.25, 0.3) is 0 Å². The van der Waals surface area contributed by atoms with Gasteiger partial charge in [0.05, 0.1) is 27.7 Å². The highest BCUT2D eigenvalue weighted by Crippen LogP contribution is 2.23. The minimum atomic E-state index is -0.817. The lowest BCUT2D eigenvalue weighted by Gasteiger charge is -2.05. The summed E-state index contributed by atoms with van der Waals surface area (Å²) in [5.41, 5.74) is 5.83. The van der Waals surface area contributed by atoms with Gasteiger partial charge in [0.15, 0.2) is 0 Å². The molecule has 5 N–H and O–H groups in total. The molecule has 21 heavy (non-hydrogen) atoms. The van der Waals surface area contributed by atoms with Gasteiger partial charge in [0, 0.05) is 11.4 Å². The van der Waals surface area contributed by atoms with Crippen molar-refractivity contribution in [3.05, 3.63) is 44.0 Å². The molecule has 0 aromatic heterocycles. The summed E-state index contributed by atoms with van der Waals surface area (Å²) in [6, 6.07) is 2.95. The monoisotopic (exact) mass is 299 g/mol. The molecule has 1 aromatic carbocycles. The Morgan fingerprint density at radius 3 is 2.52 bits per heavy atom. The molecule has 0 fully saturated rings. The van der Waals surface area contributed by atoms with E-state index in [0.29, 0.717) is 0 Å². The van der Waals surface area contributed by atoms with Crippen molar-refractivity contribution in [1.82, 2.24) is 10.8 Å². The minimum absolute atomic E-state index is 0.0491. The number of benzene rings is 1. The number of guanidine groups is 1. The van der Waals surface area contributed by atoms with E-state index in [2.05, 4.69) is 10.2 Å². The van der Waals surface area contributed by atoms with Crippen molar-refractivity contribution in [1.29, 1.82) is 0 Å². The third-order valence-electron chi connectivity index (χ3n) is 2.00. The molecule has 0 heterocycles. The number of non-ortho nitro benzene ring substituents is 1. The first-order chi connectivity index (χ1) is 9.81. The molecular formula is C8H9N7O6. The van der Waals surface area contributed by atoms with Crippen molar-refractivity contribution < 1.29 is 20.3 Å². The second-order valence-electron chi connectivity index (χ2n) is 3.39. The fourth-order valence-electron chi connectivity index (χ4n) is 1.19. The van der Waals surface area contributed by atoms with E-state index in [4.69, 9.17) is 16.1 Å². The number of hydrazine groups is 1. The van der Waals surface area contributed by atoms with Gasteiger partial charge in [-0.05, 0) is 6.07 Å². The molecule has 0 aliphatic rings. The Bertz CT molecular complexity index is 613. The van der Waals surface area contributed by atoms with E-state index >= 15 is 0 Å². The third kappa shape index (κ3) is 4.78. The summed E-state index contributed by atoms with van der Waals surface area (Å²) in [6.45, 7) is 0. The summed E-state index contributed by atoms with van der Waals surface area (Å²) < 4.78 is 0. The molecule has 1 rings (SSSR count). The first-order valence-corrected chi connectivity index (χ1v) is 5.05. The normalized spacial score (nSPS) is 11.9. The highest BCUT2D eigenvalue weighted by molar-refractivity contribution is 5.86. The molecule has 0 saturated carbocycles. The zero-order valence-electron chi connectivity index (χ0n) is 10.2. The zero-order chi connectivity index (χ0) is 16.0. The molecule has 0 bridgehead atoms. The Morgan fingerprint density at radius 1 is 1.33 bits per heavy atom. The lowest BCUT2D eigenvalue weighted by molar-refractivity contribution is -0.394. The maximum Gasteiger partial charge on any atom is 0.285 e. The van der Waals surface area contributed by atoms with Crippen molar-refractivity contribution in [2.75, 3.05) is 0 Å². The van der Waals surface area contributed by atoms with Crippen LogP contribution in [-0.2, 0) is 0 Å². The summed E-state index contributed by atoms with van der Waals surface area (Å²) in [7, 11) is 0. The average Bonchev–Trinajstić information content (AvgIpc) is 2.37. The fraction of sp³-hybridized carbons (Fsp3) is 0. The number of hydrogen-bond donors (Lipinski definition) is 4. The van der Waals surface area contributed by atoms with E-state index in [1.54, 1.807) is 5.43 Å². The summed E-state index contributed by atoms with van der Waals surface area (Å²) in [6.07, 6.45) is 0.926. The second kappa shape index (κ2) is 6.85. The number of hydrogen-bond acceptors (Lipinski definition) is 9. The number of nitro benzene ring substituents is 2. The molecule has 0 aliphatic carbocycles. The van der Waals surface area contributed by atoms with Gasteiger partial charge in [-0.2, -0.15) is 5.10 Å². The van der Waals surface area contributed by atoms with E-state index in [-0.39, 0.29) is 5.56 Å². The minimum Gasteiger partial charge on any atom is -0.367 e. The van der Waals surface area contributed by atoms with Crippen LogP contribution in [0.3, 0.4) is 0 Å². The molecular weight excluding hydrogens is 290 g/mol. The number of rotatable bonds is 5. The summed E-state index contributed by atoms with van der Waals surface area (Å²) in [5.74, 6) is -0.513. The Labute approximate surface area is 115 Å². The van der Waals surface area contributed by atoms with E-state index in [1.165, 1.54) is 0 Å². The zero-order valence-corrected chi connectivity index (χ0v) is 10.2. The number of nitrogens with two attached hydrogens (primary N) is 1. The first kappa shape index (κ1) is 15.9. The number of nitro groups is 2. The molecule has 0 amide bonds. The van der Waals surface area contributed by atoms with Gasteiger partial charge >= 0.3 is 0 Å². The Morgan fingerprint density at radius 2 is 2.00 bits per heavy atom. The molecule has 0 atom stereocenters. The molecule has 112 valence electrons. The highest BCUT2D eigenvalue weighted by atomic mass is 16.8. The van der Waals surface area contributed by atoms with Gasteiger partial charge in [-0.3, -0.25) is 30.6 Å². The van der Waals surface area contributed by atoms with Crippen molar-refractivity contribution in [3.63, 3.8) is 0 Å². The molecule has 0 unspecified atom stereocenters. The fourth-order valence-corrected chi connectivity index (χ4v) is 1.19. The van der Waals surface area contributed by atoms with Gasteiger partial charge in [-0.25, -0.2) is 5.43 Å². The lowest BCUT2D eigenvalue weighted by Crippen LogP contribution is -2.41. The predicted octanol–water partition coefficient (Wildman–Crippen LogP) is -0.263. The van der Waals surface area contributed by atoms with Crippen molar-refractivity contribution in [3.8, 4) is 0 Å². The van der Waals surface area contributed by atoms with Gasteiger partial charge < -0.3 is 5.73 Å². The van der Waals surface area contributed by atoms with E-state index in [0.717, 1.165) is 24.4 Å². The van der Waals surface area contributed by atoms with Crippen LogP contribution in [0, 0.1) is 20.2 Å². The Hall–Kier alpha value is -3.16. The Balaban J connectivity index is 3.03. The molecule has 1 aromatic rings. The number of nitrogens with zero attached hydrogens (tertiary/aromatic N) is 5. The maximum atomic E-state index is 10.8. The largest absolute Gasteiger partial charge is 0.367 e. The van der Waals surface area contributed by atoms with Gasteiger partial charge in [-0.15, -0.1) is 5.10 Å². The van der Waals surface area contributed by atoms with E-state index in [1.807, 2.05) is 0 Å². The van der Waals surface area contributed by atoms with Gasteiger partial charge in [0.2, 0.25) is 5.96 Å². The third-order valence-corrected chi connectivity index (χ3v) is 2.00. The summed E-state index contributed by atoms with van der Waals surface area (Å²) >= 11 is 0. The average molecular weight is 299 g/mol. The molecule has 0 spiro atoms. The van der Waals surface area contributed by atoms with Gasteiger partial charge in [0.1, 0.15) is 0 Å². The van der Waals surface area contributed by atoms with Crippen molar-refractivity contribution in [2.45, 2.75) is 0 Å². The maximum absolute atomic E-state index is 10.8. The second-order valence-corrected chi connectivity index (χ2v) is 3.39. The summed E-state index contributed by atoms with van der Waals surface area (Å²) in [4.78, 5) is 19.8. The first-order valence-electron chi connectivity index (χ1n) is 5.05. The van der Waals surface area contributed by atoms with Crippen LogP contribution in [0.15, 0.2) is 28.4 Å². The lowest BCUT2D eigenvalue weighted by atomic mass is 10.2. The molecule has 0 radical (unpaired) electrons. The molecule has 0 aliphatic heterocycles. The van der Waals surface area contributed by atoms with Gasteiger partial charge in [0.25, 0.3) is 11.4 Å². The van der Waals surface area contributed by atoms with Crippen LogP contribution in [-0.4, -0.2) is 37.8 Å². The van der Waals surface area contributed by atoms with Crippen LogP contribution in [0.2, 0.25) is 0 Å². The van der Waals surface area contributed by atoms with E-state index in [9.17, 15) is 20.2 Å². The molecule has 13 heteroatoms. The van der Waals surface area contributed by atoms with Crippen LogP contribution < -0.4 is 11.2 Å². The smallest absolute Gasteiger partial charge is 0.285 e.